The van der Waals surface area contributed by atoms with Crippen LogP contribution in [0.2, 0.25) is 0 Å². The number of carbonyl (C=O) groups excluding carboxylic acids is 1. The molecule has 2 aliphatic heterocycles. The Bertz CT molecular complexity index is 699. The lowest BCUT2D eigenvalue weighted by atomic mass is 10.0. The predicted octanol–water partition coefficient (Wildman–Crippen LogP) is 2.06. The number of nitrogens with one attached hydrogen (secondary N) is 1. The first-order valence-corrected chi connectivity index (χ1v) is 7.62. The summed E-state index contributed by atoms with van der Waals surface area (Å²) in [4.78, 5) is 19.3. The van der Waals surface area contributed by atoms with E-state index in [4.69, 9.17) is 0 Å². The van der Waals surface area contributed by atoms with E-state index in [1.807, 2.05) is 30.3 Å². The molecule has 2 fully saturated rings. The summed E-state index contributed by atoms with van der Waals surface area (Å²) in [5, 5.41) is 4.43. The molecule has 0 aliphatic carbocycles. The number of hydrogen-bond acceptors (Lipinski definition) is 3. The first-order chi connectivity index (χ1) is 10.2. The van der Waals surface area contributed by atoms with Crippen molar-refractivity contribution in [3.63, 3.8) is 0 Å². The average molecular weight is 281 g/mol. The first-order valence-electron chi connectivity index (χ1n) is 7.62. The fourth-order valence-electron chi connectivity index (χ4n) is 3.87. The summed E-state index contributed by atoms with van der Waals surface area (Å²) >= 11 is 0. The molecule has 3 atom stereocenters. The number of benzene rings is 1. The van der Waals surface area contributed by atoms with E-state index in [0.717, 1.165) is 36.0 Å². The van der Waals surface area contributed by atoms with Crippen molar-refractivity contribution in [2.24, 2.45) is 5.92 Å². The van der Waals surface area contributed by atoms with Crippen LogP contribution in [-0.4, -0.2) is 41.0 Å². The monoisotopic (exact) mass is 281 g/mol. The normalized spacial score (nSPS) is 28.0. The van der Waals surface area contributed by atoms with Crippen LogP contribution in [0.3, 0.4) is 0 Å². The van der Waals surface area contributed by atoms with Gasteiger partial charge in [-0.2, -0.15) is 0 Å². The molecule has 4 heteroatoms. The molecule has 21 heavy (non-hydrogen) atoms. The Balaban J connectivity index is 1.69. The Morgan fingerprint density at radius 1 is 1.33 bits per heavy atom. The fourth-order valence-corrected chi connectivity index (χ4v) is 3.87. The molecule has 0 bridgehead atoms. The number of carbonyl (C=O) groups is 1. The second-order valence-corrected chi connectivity index (χ2v) is 6.19. The van der Waals surface area contributed by atoms with Gasteiger partial charge in [0.15, 0.2) is 0 Å². The van der Waals surface area contributed by atoms with Gasteiger partial charge in [-0.25, -0.2) is 0 Å². The fraction of sp³-hybridized carbons (Fsp3) is 0.412. The van der Waals surface area contributed by atoms with Gasteiger partial charge in [0.2, 0.25) is 0 Å². The maximum absolute atomic E-state index is 12.9. The van der Waals surface area contributed by atoms with Crippen LogP contribution in [0.5, 0.6) is 0 Å². The summed E-state index contributed by atoms with van der Waals surface area (Å²) < 4.78 is 0. The van der Waals surface area contributed by atoms with Gasteiger partial charge in [0.25, 0.3) is 5.91 Å². The minimum atomic E-state index is 0.157. The minimum Gasteiger partial charge on any atom is -0.331 e. The molecular formula is C17H19N3O. The Morgan fingerprint density at radius 2 is 2.24 bits per heavy atom. The highest BCUT2D eigenvalue weighted by atomic mass is 16.2. The molecule has 1 aromatic carbocycles. The van der Waals surface area contributed by atoms with E-state index in [9.17, 15) is 4.79 Å². The van der Waals surface area contributed by atoms with Crippen molar-refractivity contribution in [1.29, 1.82) is 0 Å². The number of hydrogen-bond donors (Lipinski definition) is 1. The van der Waals surface area contributed by atoms with Crippen LogP contribution in [-0.2, 0) is 0 Å². The van der Waals surface area contributed by atoms with Crippen molar-refractivity contribution in [1.82, 2.24) is 15.2 Å². The number of nitrogens with zero attached hydrogens (tertiary/aromatic N) is 2. The van der Waals surface area contributed by atoms with Gasteiger partial charge in [-0.05, 0) is 43.5 Å². The highest BCUT2D eigenvalue weighted by Crippen LogP contribution is 2.33. The average Bonchev–Trinajstić information content (AvgIpc) is 3.06. The molecule has 1 amide bonds. The molecule has 3 unspecified atom stereocenters. The molecule has 4 rings (SSSR count). The molecular weight excluding hydrogens is 262 g/mol. The van der Waals surface area contributed by atoms with Gasteiger partial charge in [-0.1, -0.05) is 6.07 Å². The van der Waals surface area contributed by atoms with E-state index in [-0.39, 0.29) is 5.91 Å². The second kappa shape index (κ2) is 4.81. The van der Waals surface area contributed by atoms with E-state index >= 15 is 0 Å². The second-order valence-electron chi connectivity index (χ2n) is 6.19. The van der Waals surface area contributed by atoms with E-state index in [1.165, 1.54) is 0 Å². The third-order valence-electron chi connectivity index (χ3n) is 4.86. The van der Waals surface area contributed by atoms with Crippen molar-refractivity contribution in [2.45, 2.75) is 25.4 Å². The third-order valence-corrected chi connectivity index (χ3v) is 4.86. The molecule has 4 nitrogen and oxygen atoms in total. The molecule has 2 saturated heterocycles. The van der Waals surface area contributed by atoms with Crippen LogP contribution >= 0.6 is 0 Å². The standard InChI is InChI=1S/C17H19N3O/c1-11-7-14-9-18-10-16(14)20(11)17(21)13-4-5-15-12(8-13)3-2-6-19-15/h2-6,8,11,14,16,18H,7,9-10H2,1H3. The van der Waals surface area contributed by atoms with Crippen LogP contribution in [0, 0.1) is 5.92 Å². The summed E-state index contributed by atoms with van der Waals surface area (Å²) in [6.45, 7) is 4.13. The molecule has 108 valence electrons. The van der Waals surface area contributed by atoms with E-state index in [1.54, 1.807) is 6.20 Å². The Hall–Kier alpha value is -1.94. The topological polar surface area (TPSA) is 45.2 Å². The van der Waals surface area contributed by atoms with Gasteiger partial charge >= 0.3 is 0 Å². The molecule has 2 aliphatic rings. The van der Waals surface area contributed by atoms with Crippen LogP contribution < -0.4 is 5.32 Å². The molecule has 2 aromatic rings. The molecule has 1 N–H and O–H groups in total. The van der Waals surface area contributed by atoms with E-state index < -0.39 is 0 Å². The predicted molar refractivity (Wildman–Crippen MR) is 82.1 cm³/mol. The van der Waals surface area contributed by atoms with Gasteiger partial charge in [-0.3, -0.25) is 9.78 Å². The van der Waals surface area contributed by atoms with Crippen LogP contribution in [0.15, 0.2) is 36.5 Å². The maximum Gasteiger partial charge on any atom is 0.254 e. The SMILES string of the molecule is CC1CC2CNCC2N1C(=O)c1ccc2ncccc2c1. The number of rotatable bonds is 1. The van der Waals surface area contributed by atoms with E-state index in [0.29, 0.717) is 18.0 Å². The number of fused-ring (bicyclic) bond motifs is 2. The zero-order chi connectivity index (χ0) is 14.4. The number of amides is 1. The van der Waals surface area contributed by atoms with Crippen LogP contribution in [0.25, 0.3) is 10.9 Å². The molecule has 0 saturated carbocycles. The number of pyridine rings is 1. The summed E-state index contributed by atoms with van der Waals surface area (Å²) in [7, 11) is 0. The highest BCUT2D eigenvalue weighted by molar-refractivity contribution is 5.98. The Morgan fingerprint density at radius 3 is 3.14 bits per heavy atom. The molecule has 3 heterocycles. The number of likely N-dealkylation sites (tertiary alicyclic amines) is 1. The van der Waals surface area contributed by atoms with Gasteiger partial charge in [0.1, 0.15) is 0 Å². The molecule has 1 aromatic heterocycles. The zero-order valence-electron chi connectivity index (χ0n) is 12.1. The van der Waals surface area contributed by atoms with Gasteiger partial charge < -0.3 is 10.2 Å². The summed E-state index contributed by atoms with van der Waals surface area (Å²) in [5.41, 5.74) is 1.71. The Kier molecular flexibility index (Phi) is 2.93. The lowest BCUT2D eigenvalue weighted by Gasteiger charge is -2.27. The van der Waals surface area contributed by atoms with Crippen molar-refractivity contribution >= 4 is 16.8 Å². The van der Waals surface area contributed by atoms with Crippen LogP contribution in [0.1, 0.15) is 23.7 Å². The van der Waals surface area contributed by atoms with Crippen molar-refractivity contribution in [3.8, 4) is 0 Å². The summed E-state index contributed by atoms with van der Waals surface area (Å²) in [5.74, 6) is 0.774. The Labute approximate surface area is 124 Å². The van der Waals surface area contributed by atoms with Crippen LogP contribution in [0.4, 0.5) is 0 Å². The largest absolute Gasteiger partial charge is 0.331 e. The summed E-state index contributed by atoms with van der Waals surface area (Å²) in [6.07, 6.45) is 2.89. The first kappa shape index (κ1) is 12.8. The van der Waals surface area contributed by atoms with Crippen molar-refractivity contribution in [2.75, 3.05) is 13.1 Å². The minimum absolute atomic E-state index is 0.157. The molecule has 0 radical (unpaired) electrons. The lowest BCUT2D eigenvalue weighted by molar-refractivity contribution is 0.0682. The maximum atomic E-state index is 12.9. The quantitative estimate of drug-likeness (QED) is 0.870. The highest BCUT2D eigenvalue weighted by Gasteiger charge is 2.44. The number of aromatic nitrogens is 1. The summed E-state index contributed by atoms with van der Waals surface area (Å²) in [6, 6.07) is 10.4. The molecule has 0 spiro atoms. The smallest absolute Gasteiger partial charge is 0.254 e. The van der Waals surface area contributed by atoms with Crippen molar-refractivity contribution in [3.05, 3.63) is 42.1 Å². The van der Waals surface area contributed by atoms with Gasteiger partial charge in [-0.15, -0.1) is 0 Å². The van der Waals surface area contributed by atoms with E-state index in [2.05, 4.69) is 22.1 Å². The lowest BCUT2D eigenvalue weighted by Crippen LogP contribution is -2.42. The van der Waals surface area contributed by atoms with Gasteiger partial charge in [0, 0.05) is 42.3 Å². The van der Waals surface area contributed by atoms with Crippen molar-refractivity contribution < 1.29 is 4.79 Å². The zero-order valence-corrected chi connectivity index (χ0v) is 12.1. The van der Waals surface area contributed by atoms with Gasteiger partial charge in [0.05, 0.1) is 5.52 Å². The third kappa shape index (κ3) is 2.02.